The van der Waals surface area contributed by atoms with Gasteiger partial charge in [0.05, 0.1) is 5.56 Å². The zero-order valence-corrected chi connectivity index (χ0v) is 11.8. The number of H-pyrrole nitrogens is 1. The van der Waals surface area contributed by atoms with Crippen molar-refractivity contribution in [3.05, 3.63) is 23.8 Å². The molecule has 1 fully saturated rings. The highest BCUT2D eigenvalue weighted by molar-refractivity contribution is 5.54. The molecule has 1 saturated heterocycles. The molecule has 0 bridgehead atoms. The fraction of sp³-hybridized carbons (Fsp3) is 0.500. The van der Waals surface area contributed by atoms with Crippen molar-refractivity contribution in [1.82, 2.24) is 15.1 Å². The second-order valence-corrected chi connectivity index (χ2v) is 4.88. The molecular weight excluding hydrogens is 272 g/mol. The van der Waals surface area contributed by atoms with Gasteiger partial charge in [0.1, 0.15) is 17.4 Å². The topological polar surface area (TPSA) is 97.0 Å². The molecule has 1 N–H and O–H groups in total. The Morgan fingerprint density at radius 2 is 2.29 bits per heavy atom. The van der Waals surface area contributed by atoms with Crippen LogP contribution in [0.1, 0.15) is 31.3 Å². The number of ether oxygens (including phenoxy) is 2. The Labute approximate surface area is 121 Å². The van der Waals surface area contributed by atoms with Crippen molar-refractivity contribution in [2.45, 2.75) is 25.4 Å². The average molecular weight is 288 g/mol. The molecule has 1 aliphatic rings. The molecule has 3 rings (SSSR count). The summed E-state index contributed by atoms with van der Waals surface area (Å²) in [5.41, 5.74) is 0.614. The first-order valence-electron chi connectivity index (χ1n) is 6.92. The number of hydrogen-bond donors (Lipinski definition) is 1. The lowest BCUT2D eigenvalue weighted by Crippen LogP contribution is -2.37. The summed E-state index contributed by atoms with van der Waals surface area (Å²) in [6.45, 7) is 3.76. The monoisotopic (exact) mass is 288 g/mol. The molecule has 0 saturated carbocycles. The number of aromatic nitrogens is 3. The van der Waals surface area contributed by atoms with Crippen molar-refractivity contribution in [2.24, 2.45) is 0 Å². The van der Waals surface area contributed by atoms with Crippen molar-refractivity contribution >= 4 is 0 Å². The summed E-state index contributed by atoms with van der Waals surface area (Å²) in [5.74, 6) is 0.927. The smallest absolute Gasteiger partial charge is 0.259 e. The van der Waals surface area contributed by atoms with Gasteiger partial charge in [-0.25, -0.2) is 0 Å². The molecule has 2 aromatic heterocycles. The lowest BCUT2D eigenvalue weighted by molar-refractivity contribution is -0.118. The Kier molecular flexibility index (Phi) is 3.73. The number of nitrogens with one attached hydrogen (secondary N) is 1. The maximum Gasteiger partial charge on any atom is 0.259 e. The minimum atomic E-state index is -0.539. The Hall–Kier alpha value is -2.17. The van der Waals surface area contributed by atoms with Crippen molar-refractivity contribution < 1.29 is 14.0 Å². The van der Waals surface area contributed by atoms with Crippen LogP contribution in [0.2, 0.25) is 0 Å². The molecule has 2 aromatic rings. The maximum absolute atomic E-state index is 8.84. The zero-order valence-electron chi connectivity index (χ0n) is 11.8. The predicted octanol–water partition coefficient (Wildman–Crippen LogP) is 1.98. The maximum atomic E-state index is 8.84. The van der Waals surface area contributed by atoms with E-state index in [1.54, 1.807) is 12.3 Å². The fourth-order valence-electron chi connectivity index (χ4n) is 2.52. The number of rotatable bonds is 4. The number of nitrogens with zero attached hydrogens (tertiary/aromatic N) is 3. The quantitative estimate of drug-likeness (QED) is 0.923. The summed E-state index contributed by atoms with van der Waals surface area (Å²) in [5, 5.41) is 12.9. The minimum absolute atomic E-state index is 0.383. The predicted molar refractivity (Wildman–Crippen MR) is 72.2 cm³/mol. The summed E-state index contributed by atoms with van der Waals surface area (Å²) in [7, 11) is 0. The van der Waals surface area contributed by atoms with Gasteiger partial charge in [0.15, 0.2) is 0 Å². The van der Waals surface area contributed by atoms with Gasteiger partial charge in [0.25, 0.3) is 5.89 Å². The third-order valence-corrected chi connectivity index (χ3v) is 3.61. The molecule has 0 aliphatic carbocycles. The van der Waals surface area contributed by atoms with Gasteiger partial charge in [-0.05, 0) is 13.0 Å². The molecule has 21 heavy (non-hydrogen) atoms. The van der Waals surface area contributed by atoms with Gasteiger partial charge in [-0.2, -0.15) is 10.2 Å². The van der Waals surface area contributed by atoms with E-state index in [1.807, 2.05) is 13.0 Å². The van der Waals surface area contributed by atoms with Crippen molar-refractivity contribution in [2.75, 3.05) is 19.8 Å². The largest absolute Gasteiger partial charge is 0.381 e. The third-order valence-electron chi connectivity index (χ3n) is 3.61. The molecule has 0 amide bonds. The second kappa shape index (κ2) is 5.68. The Balaban J connectivity index is 1.90. The molecule has 0 aromatic carbocycles. The van der Waals surface area contributed by atoms with Crippen molar-refractivity contribution in [1.29, 1.82) is 5.26 Å². The van der Waals surface area contributed by atoms with Crippen LogP contribution in [0.25, 0.3) is 11.5 Å². The highest BCUT2D eigenvalue weighted by Crippen LogP contribution is 2.35. The Morgan fingerprint density at radius 3 is 2.95 bits per heavy atom. The molecule has 3 heterocycles. The van der Waals surface area contributed by atoms with Crippen LogP contribution in [0.5, 0.6) is 0 Å². The van der Waals surface area contributed by atoms with Crippen LogP contribution in [-0.4, -0.2) is 34.9 Å². The van der Waals surface area contributed by atoms with Gasteiger partial charge < -0.3 is 19.0 Å². The fourth-order valence-corrected chi connectivity index (χ4v) is 2.52. The van der Waals surface area contributed by atoms with E-state index < -0.39 is 5.60 Å². The SMILES string of the molecule is CCOC1(c2noc(-c3c[nH]c(C#N)c3)n2)CCOCC1. The van der Waals surface area contributed by atoms with E-state index in [9.17, 15) is 0 Å². The zero-order chi connectivity index (χ0) is 14.7. The van der Waals surface area contributed by atoms with Crippen LogP contribution in [0.15, 0.2) is 16.8 Å². The van der Waals surface area contributed by atoms with E-state index in [1.165, 1.54) is 0 Å². The first kappa shape index (κ1) is 13.8. The lowest BCUT2D eigenvalue weighted by Gasteiger charge is -2.33. The van der Waals surface area contributed by atoms with Crippen molar-refractivity contribution in [3.63, 3.8) is 0 Å². The lowest BCUT2D eigenvalue weighted by atomic mass is 9.93. The van der Waals surface area contributed by atoms with Gasteiger partial charge in [-0.1, -0.05) is 5.16 Å². The standard InChI is InChI=1S/C14H16N4O3/c1-2-20-14(3-5-19-6-4-14)13-17-12(21-18-13)10-7-11(8-15)16-9-10/h7,9,16H,2-6H2,1H3. The number of hydrogen-bond acceptors (Lipinski definition) is 6. The van der Waals surface area contributed by atoms with E-state index >= 15 is 0 Å². The first-order valence-corrected chi connectivity index (χ1v) is 6.92. The van der Waals surface area contributed by atoms with Crippen molar-refractivity contribution in [3.8, 4) is 17.5 Å². The summed E-state index contributed by atoms with van der Waals surface area (Å²) in [6, 6.07) is 3.70. The summed E-state index contributed by atoms with van der Waals surface area (Å²) in [6.07, 6.45) is 3.08. The summed E-state index contributed by atoms with van der Waals surface area (Å²) in [4.78, 5) is 7.29. The molecule has 0 spiro atoms. The van der Waals surface area contributed by atoms with Crippen LogP contribution >= 0.6 is 0 Å². The van der Waals surface area contributed by atoms with Crippen LogP contribution in [0, 0.1) is 11.3 Å². The minimum Gasteiger partial charge on any atom is -0.381 e. The second-order valence-electron chi connectivity index (χ2n) is 4.88. The average Bonchev–Trinajstić information content (AvgIpc) is 3.17. The molecule has 0 unspecified atom stereocenters. The molecule has 0 atom stereocenters. The Bertz CT molecular complexity index is 644. The van der Waals surface area contributed by atoms with E-state index in [0.717, 1.165) is 0 Å². The molecule has 7 nitrogen and oxygen atoms in total. The molecule has 7 heteroatoms. The molecule has 0 radical (unpaired) electrons. The highest BCUT2D eigenvalue weighted by Gasteiger charge is 2.40. The third kappa shape index (κ3) is 2.55. The normalized spacial score (nSPS) is 17.5. The van der Waals surface area contributed by atoms with Gasteiger partial charge in [0.2, 0.25) is 5.82 Å². The van der Waals surface area contributed by atoms with E-state index in [0.29, 0.717) is 55.6 Å². The molecular formula is C14H16N4O3. The van der Waals surface area contributed by atoms with E-state index in [4.69, 9.17) is 19.3 Å². The van der Waals surface area contributed by atoms with Gasteiger partial charge >= 0.3 is 0 Å². The van der Waals surface area contributed by atoms with E-state index in [-0.39, 0.29) is 0 Å². The Morgan fingerprint density at radius 1 is 1.48 bits per heavy atom. The van der Waals surface area contributed by atoms with Gasteiger partial charge in [-0.15, -0.1) is 0 Å². The van der Waals surface area contributed by atoms with Crippen LogP contribution < -0.4 is 0 Å². The first-order chi connectivity index (χ1) is 10.3. The highest BCUT2D eigenvalue weighted by atomic mass is 16.5. The van der Waals surface area contributed by atoms with Crippen LogP contribution in [0.3, 0.4) is 0 Å². The van der Waals surface area contributed by atoms with E-state index in [2.05, 4.69) is 15.1 Å². The number of nitriles is 1. The summed E-state index contributed by atoms with van der Waals surface area (Å²) < 4.78 is 16.6. The van der Waals surface area contributed by atoms with Gasteiger partial charge in [-0.3, -0.25) is 0 Å². The van der Waals surface area contributed by atoms with Crippen LogP contribution in [-0.2, 0) is 15.1 Å². The molecule has 110 valence electrons. The van der Waals surface area contributed by atoms with Crippen LogP contribution in [0.4, 0.5) is 0 Å². The number of aromatic amines is 1. The summed E-state index contributed by atoms with van der Waals surface area (Å²) >= 11 is 0. The van der Waals surface area contributed by atoms with Gasteiger partial charge in [0, 0.05) is 38.9 Å². The molecule has 1 aliphatic heterocycles.